The van der Waals surface area contributed by atoms with E-state index in [2.05, 4.69) is 9.97 Å². The average molecular weight is 142 g/mol. The summed E-state index contributed by atoms with van der Waals surface area (Å²) in [5.41, 5.74) is 0.686. The van der Waals surface area contributed by atoms with Gasteiger partial charge in [0.2, 0.25) is 0 Å². The SMILES string of the molecule is CC(C)(C)c1c[nH]c(F)n1. The number of imidazole rings is 1. The minimum Gasteiger partial charge on any atom is -0.321 e. The van der Waals surface area contributed by atoms with Gasteiger partial charge in [0, 0.05) is 11.6 Å². The summed E-state index contributed by atoms with van der Waals surface area (Å²) >= 11 is 0. The van der Waals surface area contributed by atoms with Gasteiger partial charge in [0.25, 0.3) is 6.08 Å². The summed E-state index contributed by atoms with van der Waals surface area (Å²) in [6.45, 7) is 5.97. The van der Waals surface area contributed by atoms with Crippen LogP contribution < -0.4 is 0 Å². The minimum atomic E-state index is -0.509. The number of aromatic nitrogens is 2. The van der Waals surface area contributed by atoms with Gasteiger partial charge in [-0.3, -0.25) is 0 Å². The van der Waals surface area contributed by atoms with E-state index in [9.17, 15) is 4.39 Å². The van der Waals surface area contributed by atoms with E-state index in [0.29, 0.717) is 0 Å². The Morgan fingerprint density at radius 3 is 2.30 bits per heavy atom. The number of nitrogens with zero attached hydrogens (tertiary/aromatic N) is 1. The van der Waals surface area contributed by atoms with E-state index in [4.69, 9.17) is 0 Å². The molecule has 0 unspecified atom stereocenters. The van der Waals surface area contributed by atoms with Gasteiger partial charge in [-0.15, -0.1) is 0 Å². The smallest absolute Gasteiger partial charge is 0.286 e. The molecule has 1 heterocycles. The van der Waals surface area contributed by atoms with Crippen molar-refractivity contribution in [1.82, 2.24) is 9.97 Å². The normalized spacial score (nSPS) is 12.0. The van der Waals surface area contributed by atoms with Crippen LogP contribution in [0.5, 0.6) is 0 Å². The number of rotatable bonds is 0. The number of hydrogen-bond acceptors (Lipinski definition) is 1. The molecular formula is C7H11FN2. The summed E-state index contributed by atoms with van der Waals surface area (Å²) in [4.78, 5) is 6.06. The maximum absolute atomic E-state index is 12.3. The zero-order valence-corrected chi connectivity index (χ0v) is 6.40. The summed E-state index contributed by atoms with van der Waals surface area (Å²) in [6.07, 6.45) is 1.08. The maximum atomic E-state index is 12.3. The Kier molecular flexibility index (Phi) is 1.50. The molecule has 0 aromatic carbocycles. The van der Waals surface area contributed by atoms with Crippen LogP contribution in [0.3, 0.4) is 0 Å². The number of H-pyrrole nitrogens is 1. The maximum Gasteiger partial charge on any atom is 0.286 e. The van der Waals surface area contributed by atoms with E-state index in [0.717, 1.165) is 5.69 Å². The molecule has 0 aliphatic carbocycles. The molecule has 1 rings (SSSR count). The van der Waals surface area contributed by atoms with Crippen molar-refractivity contribution >= 4 is 0 Å². The molecule has 0 amide bonds. The summed E-state index contributed by atoms with van der Waals surface area (Å²) in [6, 6.07) is 0. The molecule has 0 atom stereocenters. The average Bonchev–Trinajstić information content (AvgIpc) is 2.11. The van der Waals surface area contributed by atoms with E-state index in [1.165, 1.54) is 0 Å². The quantitative estimate of drug-likeness (QED) is 0.588. The molecule has 1 aromatic heterocycles. The molecule has 56 valence electrons. The van der Waals surface area contributed by atoms with Gasteiger partial charge >= 0.3 is 0 Å². The molecule has 0 radical (unpaired) electrons. The first-order chi connectivity index (χ1) is 4.50. The highest BCUT2D eigenvalue weighted by molar-refractivity contribution is 5.07. The Labute approximate surface area is 59.5 Å². The van der Waals surface area contributed by atoms with Crippen molar-refractivity contribution in [2.45, 2.75) is 26.2 Å². The van der Waals surface area contributed by atoms with Gasteiger partial charge in [-0.2, -0.15) is 4.39 Å². The van der Waals surface area contributed by atoms with Crippen molar-refractivity contribution in [3.05, 3.63) is 18.0 Å². The highest BCUT2D eigenvalue weighted by Gasteiger charge is 2.16. The van der Waals surface area contributed by atoms with Crippen LogP contribution >= 0.6 is 0 Å². The van der Waals surface area contributed by atoms with Crippen molar-refractivity contribution in [2.24, 2.45) is 0 Å². The number of halogens is 1. The van der Waals surface area contributed by atoms with E-state index in [1.807, 2.05) is 20.8 Å². The topological polar surface area (TPSA) is 28.7 Å². The van der Waals surface area contributed by atoms with Crippen LogP contribution in [0.2, 0.25) is 0 Å². The largest absolute Gasteiger partial charge is 0.321 e. The first-order valence-corrected chi connectivity index (χ1v) is 3.21. The molecule has 0 aliphatic heterocycles. The third kappa shape index (κ3) is 1.35. The molecule has 0 saturated heterocycles. The molecule has 10 heavy (non-hydrogen) atoms. The van der Waals surface area contributed by atoms with Crippen LogP contribution in [0.4, 0.5) is 4.39 Å². The van der Waals surface area contributed by atoms with Gasteiger partial charge in [0.05, 0.1) is 5.69 Å². The molecule has 0 saturated carbocycles. The van der Waals surface area contributed by atoms with Gasteiger partial charge in [-0.05, 0) is 0 Å². The van der Waals surface area contributed by atoms with E-state index in [-0.39, 0.29) is 5.41 Å². The van der Waals surface area contributed by atoms with Crippen molar-refractivity contribution < 1.29 is 4.39 Å². The van der Waals surface area contributed by atoms with Crippen LogP contribution in [0.15, 0.2) is 6.20 Å². The number of nitrogens with one attached hydrogen (secondary N) is 1. The molecular weight excluding hydrogens is 131 g/mol. The Morgan fingerprint density at radius 2 is 2.10 bits per heavy atom. The fourth-order valence-corrected chi connectivity index (χ4v) is 0.682. The second-order valence-corrected chi connectivity index (χ2v) is 3.33. The second-order valence-electron chi connectivity index (χ2n) is 3.33. The minimum absolute atomic E-state index is 0.0686. The fourth-order valence-electron chi connectivity index (χ4n) is 0.682. The first kappa shape index (κ1) is 7.25. The lowest BCUT2D eigenvalue weighted by Crippen LogP contribution is -2.11. The summed E-state index contributed by atoms with van der Waals surface area (Å²) in [5, 5.41) is 0. The van der Waals surface area contributed by atoms with Crippen LogP contribution in [-0.4, -0.2) is 9.97 Å². The van der Waals surface area contributed by atoms with E-state index >= 15 is 0 Å². The van der Waals surface area contributed by atoms with Gasteiger partial charge < -0.3 is 4.98 Å². The van der Waals surface area contributed by atoms with Crippen LogP contribution in [0, 0.1) is 6.08 Å². The standard InChI is InChI=1S/C7H11FN2/c1-7(2,3)5-4-9-6(8)10-5/h4H,1-3H3,(H,9,10). The van der Waals surface area contributed by atoms with Crippen LogP contribution in [0.1, 0.15) is 26.5 Å². The van der Waals surface area contributed by atoms with Crippen LogP contribution in [0.25, 0.3) is 0 Å². The lowest BCUT2D eigenvalue weighted by molar-refractivity contribution is 0.526. The van der Waals surface area contributed by atoms with Crippen molar-refractivity contribution in [3.63, 3.8) is 0 Å². The molecule has 0 fully saturated rings. The zero-order chi connectivity index (χ0) is 7.78. The number of aromatic amines is 1. The van der Waals surface area contributed by atoms with E-state index in [1.54, 1.807) is 6.20 Å². The van der Waals surface area contributed by atoms with Crippen molar-refractivity contribution in [3.8, 4) is 0 Å². The first-order valence-electron chi connectivity index (χ1n) is 3.21. The summed E-state index contributed by atoms with van der Waals surface area (Å²) < 4.78 is 12.3. The van der Waals surface area contributed by atoms with Crippen molar-refractivity contribution in [1.29, 1.82) is 0 Å². The zero-order valence-electron chi connectivity index (χ0n) is 6.40. The number of hydrogen-bond donors (Lipinski definition) is 1. The third-order valence-electron chi connectivity index (χ3n) is 1.32. The van der Waals surface area contributed by atoms with Gasteiger partial charge in [-0.25, -0.2) is 4.98 Å². The van der Waals surface area contributed by atoms with Gasteiger partial charge in [-0.1, -0.05) is 20.8 Å². The molecule has 0 aliphatic rings. The van der Waals surface area contributed by atoms with Crippen LogP contribution in [-0.2, 0) is 5.41 Å². The highest BCUT2D eigenvalue weighted by Crippen LogP contribution is 2.18. The molecule has 1 N–H and O–H groups in total. The molecule has 2 nitrogen and oxygen atoms in total. The third-order valence-corrected chi connectivity index (χ3v) is 1.32. The summed E-state index contributed by atoms with van der Waals surface area (Å²) in [5.74, 6) is 0. The fraction of sp³-hybridized carbons (Fsp3) is 0.571. The van der Waals surface area contributed by atoms with Gasteiger partial charge in [0.15, 0.2) is 0 Å². The Morgan fingerprint density at radius 1 is 1.50 bits per heavy atom. The summed E-state index contributed by atoms with van der Waals surface area (Å²) in [7, 11) is 0. The second kappa shape index (κ2) is 2.08. The predicted molar refractivity (Wildman–Crippen MR) is 37.2 cm³/mol. The van der Waals surface area contributed by atoms with Crippen molar-refractivity contribution in [2.75, 3.05) is 0 Å². The lowest BCUT2D eigenvalue weighted by Gasteiger charge is -2.13. The molecule has 0 spiro atoms. The highest BCUT2D eigenvalue weighted by atomic mass is 19.1. The predicted octanol–water partition coefficient (Wildman–Crippen LogP) is 1.85. The monoisotopic (exact) mass is 142 g/mol. The molecule has 0 bridgehead atoms. The Bertz CT molecular complexity index is 222. The Balaban J connectivity index is 2.96. The van der Waals surface area contributed by atoms with E-state index < -0.39 is 6.08 Å². The van der Waals surface area contributed by atoms with Gasteiger partial charge in [0.1, 0.15) is 0 Å². The Hall–Kier alpha value is -0.860. The lowest BCUT2D eigenvalue weighted by atomic mass is 9.93. The molecule has 3 heteroatoms. The molecule has 1 aromatic rings.